The van der Waals surface area contributed by atoms with E-state index >= 15 is 0 Å². The van der Waals surface area contributed by atoms with Crippen LogP contribution in [0.4, 0.5) is 10.1 Å². The maximum atomic E-state index is 13.1. The molecule has 1 aromatic rings. The Kier molecular flexibility index (Phi) is 4.77. The minimum Gasteiger partial charge on any atom is -0.481 e. The van der Waals surface area contributed by atoms with Crippen molar-refractivity contribution in [1.29, 1.82) is 0 Å². The lowest BCUT2D eigenvalue weighted by Gasteiger charge is -2.26. The van der Waals surface area contributed by atoms with Gasteiger partial charge in [0.2, 0.25) is 0 Å². The number of nitrogens with one attached hydrogen (secondary N) is 1. The Bertz CT molecular complexity index is 540. The highest BCUT2D eigenvalue weighted by Crippen LogP contribution is 2.28. The zero-order valence-electron chi connectivity index (χ0n) is 11.6. The van der Waals surface area contributed by atoms with Gasteiger partial charge in [0.15, 0.2) is 0 Å². The predicted molar refractivity (Wildman–Crippen MR) is 76.2 cm³/mol. The van der Waals surface area contributed by atoms with Crippen LogP contribution in [0, 0.1) is 17.7 Å². The standard InChI is InChI=1S/C15H19FN2O3/c16-11-5-6-13(17)12(7-11)14(19)18-8-9-1-3-10(4-2-9)15(20)21/h5-7,9-10H,1-4,8,17H2,(H,18,19)(H,20,21). The molecule has 1 fully saturated rings. The Morgan fingerprint density at radius 3 is 2.57 bits per heavy atom. The van der Waals surface area contributed by atoms with Crippen molar-refractivity contribution in [3.63, 3.8) is 0 Å². The lowest BCUT2D eigenvalue weighted by Crippen LogP contribution is -2.32. The number of nitrogen functional groups attached to an aromatic ring is 1. The third-order valence-corrected chi connectivity index (χ3v) is 4.01. The number of amides is 1. The second-order valence-electron chi connectivity index (χ2n) is 5.50. The minimum atomic E-state index is -0.745. The van der Waals surface area contributed by atoms with E-state index < -0.39 is 17.7 Å². The third-order valence-electron chi connectivity index (χ3n) is 4.01. The molecule has 1 aliphatic rings. The number of carboxylic acids is 1. The summed E-state index contributed by atoms with van der Waals surface area (Å²) in [6.45, 7) is 0.459. The van der Waals surface area contributed by atoms with Gasteiger partial charge in [-0.1, -0.05) is 0 Å². The number of halogens is 1. The minimum absolute atomic E-state index is 0.134. The molecular weight excluding hydrogens is 275 g/mol. The van der Waals surface area contributed by atoms with Crippen LogP contribution in [0.25, 0.3) is 0 Å². The highest BCUT2D eigenvalue weighted by atomic mass is 19.1. The van der Waals surface area contributed by atoms with Crippen LogP contribution in [0.2, 0.25) is 0 Å². The van der Waals surface area contributed by atoms with Gasteiger partial charge < -0.3 is 16.2 Å². The summed E-state index contributed by atoms with van der Waals surface area (Å²) in [7, 11) is 0. The first-order chi connectivity index (χ1) is 9.97. The zero-order chi connectivity index (χ0) is 15.4. The Balaban J connectivity index is 1.85. The number of hydrogen-bond donors (Lipinski definition) is 3. The van der Waals surface area contributed by atoms with Crippen molar-refractivity contribution in [3.8, 4) is 0 Å². The molecule has 0 spiro atoms. The second-order valence-corrected chi connectivity index (χ2v) is 5.50. The van der Waals surface area contributed by atoms with Gasteiger partial charge in [0.25, 0.3) is 5.91 Å². The van der Waals surface area contributed by atoms with Crippen molar-refractivity contribution in [3.05, 3.63) is 29.6 Å². The van der Waals surface area contributed by atoms with Crippen LogP contribution < -0.4 is 11.1 Å². The number of benzene rings is 1. The summed E-state index contributed by atoms with van der Waals surface area (Å²) in [4.78, 5) is 22.8. The Labute approximate surface area is 122 Å². The molecule has 0 aliphatic heterocycles. The largest absolute Gasteiger partial charge is 0.481 e. The number of hydrogen-bond acceptors (Lipinski definition) is 3. The molecule has 0 unspecified atom stereocenters. The second kappa shape index (κ2) is 6.56. The van der Waals surface area contributed by atoms with Crippen LogP contribution in [0.15, 0.2) is 18.2 Å². The molecule has 4 N–H and O–H groups in total. The molecule has 0 bridgehead atoms. The molecule has 2 rings (SSSR count). The van der Waals surface area contributed by atoms with Gasteiger partial charge in [0.1, 0.15) is 5.82 Å². The van der Waals surface area contributed by atoms with Crippen LogP contribution in [0.1, 0.15) is 36.0 Å². The molecule has 1 aromatic carbocycles. The smallest absolute Gasteiger partial charge is 0.306 e. The molecule has 1 amide bonds. The quantitative estimate of drug-likeness (QED) is 0.741. The van der Waals surface area contributed by atoms with Gasteiger partial charge in [-0.25, -0.2) is 4.39 Å². The summed E-state index contributed by atoms with van der Waals surface area (Å²) in [5, 5.41) is 11.7. The first-order valence-corrected chi connectivity index (χ1v) is 7.03. The third kappa shape index (κ3) is 3.93. The molecule has 0 atom stereocenters. The fourth-order valence-electron chi connectivity index (χ4n) is 2.67. The highest BCUT2D eigenvalue weighted by molar-refractivity contribution is 5.99. The highest BCUT2D eigenvalue weighted by Gasteiger charge is 2.26. The van der Waals surface area contributed by atoms with Crippen molar-refractivity contribution in [2.75, 3.05) is 12.3 Å². The molecule has 0 radical (unpaired) electrons. The van der Waals surface area contributed by atoms with Crippen molar-refractivity contribution >= 4 is 17.6 Å². The summed E-state index contributed by atoms with van der Waals surface area (Å²) in [5.74, 6) is -1.65. The van der Waals surface area contributed by atoms with E-state index in [9.17, 15) is 14.0 Å². The molecule has 6 heteroatoms. The topological polar surface area (TPSA) is 92.4 Å². The molecule has 1 aliphatic carbocycles. The summed E-state index contributed by atoms with van der Waals surface area (Å²) < 4.78 is 13.1. The van der Waals surface area contributed by atoms with E-state index in [1.54, 1.807) is 0 Å². The SMILES string of the molecule is Nc1ccc(F)cc1C(=O)NCC1CCC(C(=O)O)CC1. The van der Waals surface area contributed by atoms with Crippen molar-refractivity contribution in [2.24, 2.45) is 11.8 Å². The number of nitrogens with two attached hydrogens (primary N) is 1. The number of carboxylic acid groups (broad SMARTS) is 1. The van der Waals surface area contributed by atoms with Gasteiger partial charge in [0, 0.05) is 12.2 Å². The predicted octanol–water partition coefficient (Wildman–Crippen LogP) is 2.03. The molecular formula is C15H19FN2O3. The van der Waals surface area contributed by atoms with Gasteiger partial charge in [-0.05, 0) is 49.8 Å². The van der Waals surface area contributed by atoms with Gasteiger partial charge in [-0.3, -0.25) is 9.59 Å². The number of carbonyl (C=O) groups excluding carboxylic acids is 1. The van der Waals surface area contributed by atoms with Gasteiger partial charge in [-0.2, -0.15) is 0 Å². The molecule has 5 nitrogen and oxygen atoms in total. The number of aliphatic carboxylic acids is 1. The normalized spacial score (nSPS) is 21.8. The van der Waals surface area contributed by atoms with Crippen molar-refractivity contribution < 1.29 is 19.1 Å². The Morgan fingerprint density at radius 1 is 1.29 bits per heavy atom. The summed E-state index contributed by atoms with van der Waals surface area (Å²) in [6.07, 6.45) is 2.82. The van der Waals surface area contributed by atoms with Crippen LogP contribution in [0.5, 0.6) is 0 Å². The van der Waals surface area contributed by atoms with E-state index in [0.717, 1.165) is 18.9 Å². The first-order valence-electron chi connectivity index (χ1n) is 7.03. The van der Waals surface area contributed by atoms with E-state index in [0.29, 0.717) is 19.4 Å². The maximum Gasteiger partial charge on any atom is 0.306 e. The van der Waals surface area contributed by atoms with Crippen LogP contribution in [-0.2, 0) is 4.79 Å². The lowest BCUT2D eigenvalue weighted by atomic mass is 9.82. The fraction of sp³-hybridized carbons (Fsp3) is 0.467. The molecule has 0 heterocycles. The van der Waals surface area contributed by atoms with Gasteiger partial charge in [0.05, 0.1) is 11.5 Å². The van der Waals surface area contributed by atoms with E-state index in [4.69, 9.17) is 10.8 Å². The maximum absolute atomic E-state index is 13.1. The van der Waals surface area contributed by atoms with Crippen LogP contribution in [-0.4, -0.2) is 23.5 Å². The Hall–Kier alpha value is -2.11. The van der Waals surface area contributed by atoms with Gasteiger partial charge >= 0.3 is 5.97 Å². The summed E-state index contributed by atoms with van der Waals surface area (Å²) in [6, 6.07) is 3.69. The van der Waals surface area contributed by atoms with E-state index in [-0.39, 0.29) is 23.1 Å². The van der Waals surface area contributed by atoms with E-state index in [1.807, 2.05) is 0 Å². The molecule has 1 saturated carbocycles. The monoisotopic (exact) mass is 294 g/mol. The first kappa shape index (κ1) is 15.3. The van der Waals surface area contributed by atoms with Crippen LogP contribution in [0.3, 0.4) is 0 Å². The van der Waals surface area contributed by atoms with Crippen molar-refractivity contribution in [2.45, 2.75) is 25.7 Å². The van der Waals surface area contributed by atoms with Crippen molar-refractivity contribution in [1.82, 2.24) is 5.32 Å². The number of rotatable bonds is 4. The number of carbonyl (C=O) groups is 2. The molecule has 0 saturated heterocycles. The lowest BCUT2D eigenvalue weighted by molar-refractivity contribution is -0.143. The summed E-state index contributed by atoms with van der Waals surface area (Å²) in [5.41, 5.74) is 6.03. The number of anilines is 1. The van der Waals surface area contributed by atoms with Gasteiger partial charge in [-0.15, -0.1) is 0 Å². The Morgan fingerprint density at radius 2 is 1.95 bits per heavy atom. The molecule has 0 aromatic heterocycles. The van der Waals surface area contributed by atoms with E-state index in [1.165, 1.54) is 12.1 Å². The summed E-state index contributed by atoms with van der Waals surface area (Å²) >= 11 is 0. The van der Waals surface area contributed by atoms with E-state index in [2.05, 4.69) is 5.32 Å². The zero-order valence-corrected chi connectivity index (χ0v) is 11.6. The fourth-order valence-corrected chi connectivity index (χ4v) is 2.67. The molecule has 21 heavy (non-hydrogen) atoms. The molecule has 114 valence electrons. The average Bonchev–Trinajstić information content (AvgIpc) is 2.47. The van der Waals surface area contributed by atoms with Crippen LogP contribution >= 0.6 is 0 Å². The average molecular weight is 294 g/mol.